The lowest BCUT2D eigenvalue weighted by Gasteiger charge is -2.35. The molecule has 0 bridgehead atoms. The van der Waals surface area contributed by atoms with Gasteiger partial charge in [0.1, 0.15) is 12.1 Å². The summed E-state index contributed by atoms with van der Waals surface area (Å²) in [7, 11) is -3.32. The van der Waals surface area contributed by atoms with Gasteiger partial charge in [0.2, 0.25) is 0 Å². The monoisotopic (exact) mass is 386 g/mol. The first kappa shape index (κ1) is 17.5. The highest BCUT2D eigenvalue weighted by atomic mass is 32.2. The molecule has 0 aliphatic carbocycles. The molecule has 9 heteroatoms. The van der Waals surface area contributed by atoms with E-state index in [1.165, 1.54) is 18.8 Å². The summed E-state index contributed by atoms with van der Waals surface area (Å²) in [5.74, 6) is 0.871. The predicted molar refractivity (Wildman–Crippen MR) is 99.5 cm³/mol. The van der Waals surface area contributed by atoms with Crippen molar-refractivity contribution in [2.75, 3.05) is 37.3 Å². The van der Waals surface area contributed by atoms with E-state index in [2.05, 4.69) is 9.97 Å². The van der Waals surface area contributed by atoms with Gasteiger partial charge in [-0.3, -0.25) is 4.79 Å². The van der Waals surface area contributed by atoms with Crippen molar-refractivity contribution < 1.29 is 17.6 Å². The number of rotatable bonds is 3. The van der Waals surface area contributed by atoms with Gasteiger partial charge in [-0.05, 0) is 30.3 Å². The Bertz CT molecular complexity index is 1090. The highest BCUT2D eigenvalue weighted by Gasteiger charge is 2.25. The van der Waals surface area contributed by atoms with Crippen LogP contribution in [0.1, 0.15) is 10.6 Å². The van der Waals surface area contributed by atoms with Crippen LogP contribution in [0.4, 0.5) is 5.82 Å². The highest BCUT2D eigenvalue weighted by molar-refractivity contribution is 7.90. The van der Waals surface area contributed by atoms with E-state index in [4.69, 9.17) is 4.42 Å². The zero-order valence-corrected chi connectivity index (χ0v) is 15.5. The molecular weight excluding hydrogens is 368 g/mol. The smallest absolute Gasteiger partial charge is 0.289 e. The number of nitrogens with zero attached hydrogens (tertiary/aromatic N) is 4. The molecule has 1 amide bonds. The molecular formula is C18H18N4O4S. The van der Waals surface area contributed by atoms with Gasteiger partial charge >= 0.3 is 0 Å². The SMILES string of the molecule is CS(=O)(=O)c1ccc2ncnc(N3CCN(C(=O)c4ccco4)CC3)c2c1. The van der Waals surface area contributed by atoms with Crippen LogP contribution >= 0.6 is 0 Å². The Hall–Kier alpha value is -2.94. The Kier molecular flexibility index (Phi) is 4.31. The first-order chi connectivity index (χ1) is 12.9. The number of aromatic nitrogens is 2. The maximum atomic E-state index is 12.4. The van der Waals surface area contributed by atoms with Crippen molar-refractivity contribution in [3.05, 3.63) is 48.7 Å². The number of benzene rings is 1. The third kappa shape index (κ3) is 3.37. The van der Waals surface area contributed by atoms with E-state index in [0.29, 0.717) is 48.7 Å². The number of anilines is 1. The topological polar surface area (TPSA) is 96.6 Å². The predicted octanol–water partition coefficient (Wildman–Crippen LogP) is 1.59. The van der Waals surface area contributed by atoms with Crippen LogP contribution < -0.4 is 4.90 Å². The molecule has 3 aromatic rings. The molecule has 0 unspecified atom stereocenters. The zero-order chi connectivity index (χ0) is 19.0. The fraction of sp³-hybridized carbons (Fsp3) is 0.278. The molecule has 0 N–H and O–H groups in total. The van der Waals surface area contributed by atoms with Crippen LogP contribution in [0.25, 0.3) is 10.9 Å². The standard InChI is InChI=1S/C18H18N4O4S/c1-27(24,25)13-4-5-15-14(11-13)17(20-12-19-15)21-6-8-22(9-7-21)18(23)16-3-2-10-26-16/h2-5,10-12H,6-9H2,1H3. The number of fused-ring (bicyclic) bond motifs is 1. The third-order valence-corrected chi connectivity index (χ3v) is 5.72. The van der Waals surface area contributed by atoms with Crippen molar-refractivity contribution in [3.8, 4) is 0 Å². The lowest BCUT2D eigenvalue weighted by molar-refractivity contribution is 0.0714. The van der Waals surface area contributed by atoms with Gasteiger partial charge in [0.15, 0.2) is 15.6 Å². The Morgan fingerprint density at radius 2 is 1.89 bits per heavy atom. The number of hydrogen-bond donors (Lipinski definition) is 0. The molecule has 1 saturated heterocycles. The minimum absolute atomic E-state index is 0.133. The Morgan fingerprint density at radius 3 is 2.56 bits per heavy atom. The van der Waals surface area contributed by atoms with Gasteiger partial charge in [-0.2, -0.15) is 0 Å². The van der Waals surface area contributed by atoms with Gasteiger partial charge in [0.05, 0.1) is 16.7 Å². The molecule has 4 rings (SSSR count). The molecule has 8 nitrogen and oxygen atoms in total. The summed E-state index contributed by atoms with van der Waals surface area (Å²) in [6, 6.07) is 8.19. The molecule has 27 heavy (non-hydrogen) atoms. The third-order valence-electron chi connectivity index (χ3n) is 4.61. The summed E-state index contributed by atoms with van der Waals surface area (Å²) < 4.78 is 29.0. The lowest BCUT2D eigenvalue weighted by atomic mass is 10.2. The summed E-state index contributed by atoms with van der Waals surface area (Å²) in [5, 5.41) is 0.686. The maximum Gasteiger partial charge on any atom is 0.289 e. The van der Waals surface area contributed by atoms with Crippen molar-refractivity contribution in [2.24, 2.45) is 0 Å². The van der Waals surface area contributed by atoms with Crippen molar-refractivity contribution in [2.45, 2.75) is 4.90 Å². The van der Waals surface area contributed by atoms with Crippen molar-refractivity contribution in [1.82, 2.24) is 14.9 Å². The van der Waals surface area contributed by atoms with E-state index < -0.39 is 9.84 Å². The molecule has 140 valence electrons. The van der Waals surface area contributed by atoms with Gasteiger partial charge in [-0.1, -0.05) is 0 Å². The van der Waals surface area contributed by atoms with Crippen molar-refractivity contribution in [1.29, 1.82) is 0 Å². The molecule has 3 heterocycles. The van der Waals surface area contributed by atoms with Crippen molar-refractivity contribution in [3.63, 3.8) is 0 Å². The largest absolute Gasteiger partial charge is 0.459 e. The first-order valence-corrected chi connectivity index (χ1v) is 10.4. The second-order valence-corrected chi connectivity index (χ2v) is 8.42. The number of carbonyl (C=O) groups excluding carboxylic acids is 1. The normalized spacial score (nSPS) is 15.3. The highest BCUT2D eigenvalue weighted by Crippen LogP contribution is 2.26. The number of sulfone groups is 1. The summed E-state index contributed by atoms with van der Waals surface area (Å²) in [6.45, 7) is 2.22. The van der Waals surface area contributed by atoms with Crippen LogP contribution in [0.2, 0.25) is 0 Å². The molecule has 2 aromatic heterocycles. The molecule has 0 radical (unpaired) electrons. The van der Waals surface area contributed by atoms with Gasteiger partial charge < -0.3 is 14.2 Å². The van der Waals surface area contributed by atoms with E-state index >= 15 is 0 Å². The molecule has 1 aromatic carbocycles. The van der Waals surface area contributed by atoms with E-state index in [-0.39, 0.29) is 10.8 Å². The quantitative estimate of drug-likeness (QED) is 0.674. The summed E-state index contributed by atoms with van der Waals surface area (Å²) in [5.41, 5.74) is 0.682. The van der Waals surface area contributed by atoms with Crippen LogP contribution in [-0.4, -0.2) is 61.6 Å². The number of piperazine rings is 1. The van der Waals surface area contributed by atoms with Gasteiger partial charge in [-0.15, -0.1) is 0 Å². The average Bonchev–Trinajstić information content (AvgIpc) is 3.21. The number of carbonyl (C=O) groups is 1. The first-order valence-electron chi connectivity index (χ1n) is 8.46. The molecule has 0 spiro atoms. The minimum Gasteiger partial charge on any atom is -0.459 e. The summed E-state index contributed by atoms with van der Waals surface area (Å²) >= 11 is 0. The van der Waals surface area contributed by atoms with Crippen LogP contribution in [0, 0.1) is 0 Å². The van der Waals surface area contributed by atoms with Crippen molar-refractivity contribution >= 4 is 32.5 Å². The van der Waals surface area contributed by atoms with Crippen LogP contribution in [-0.2, 0) is 9.84 Å². The summed E-state index contributed by atoms with van der Waals surface area (Å²) in [6.07, 6.45) is 4.13. The van der Waals surface area contributed by atoms with Crippen LogP contribution in [0.5, 0.6) is 0 Å². The molecule has 1 aliphatic heterocycles. The van der Waals surface area contributed by atoms with E-state index in [9.17, 15) is 13.2 Å². The fourth-order valence-electron chi connectivity index (χ4n) is 3.18. The Morgan fingerprint density at radius 1 is 1.11 bits per heavy atom. The maximum absolute atomic E-state index is 12.4. The second kappa shape index (κ2) is 6.66. The molecule has 0 atom stereocenters. The summed E-state index contributed by atoms with van der Waals surface area (Å²) in [4.78, 5) is 25.0. The molecule has 0 saturated carbocycles. The van der Waals surface area contributed by atoms with Gasteiger partial charge in [-0.25, -0.2) is 18.4 Å². The van der Waals surface area contributed by atoms with E-state index in [1.54, 1.807) is 35.2 Å². The Balaban J connectivity index is 1.59. The Labute approximate surface area is 156 Å². The fourth-order valence-corrected chi connectivity index (χ4v) is 3.83. The van der Waals surface area contributed by atoms with E-state index in [1.807, 2.05) is 4.90 Å². The molecule has 1 aliphatic rings. The minimum atomic E-state index is -3.32. The molecule has 1 fully saturated rings. The van der Waals surface area contributed by atoms with Crippen LogP contribution in [0.3, 0.4) is 0 Å². The zero-order valence-electron chi connectivity index (χ0n) is 14.7. The number of amides is 1. The average molecular weight is 386 g/mol. The lowest BCUT2D eigenvalue weighted by Crippen LogP contribution is -2.49. The van der Waals surface area contributed by atoms with Gasteiger partial charge in [0, 0.05) is 37.8 Å². The second-order valence-electron chi connectivity index (χ2n) is 6.40. The van der Waals surface area contributed by atoms with E-state index in [0.717, 1.165) is 0 Å². The number of furan rings is 1. The van der Waals surface area contributed by atoms with Crippen LogP contribution in [0.15, 0.2) is 52.2 Å². The van der Waals surface area contributed by atoms with Gasteiger partial charge in [0.25, 0.3) is 5.91 Å². The number of hydrogen-bond acceptors (Lipinski definition) is 7.